The number of hydrazone groups is 1. The molecule has 2 aliphatic heterocycles. The Bertz CT molecular complexity index is 446. The summed E-state index contributed by atoms with van der Waals surface area (Å²) in [5.41, 5.74) is 1.97. The van der Waals surface area contributed by atoms with E-state index in [4.69, 9.17) is 10.8 Å². The summed E-state index contributed by atoms with van der Waals surface area (Å²) in [7, 11) is 2.15. The summed E-state index contributed by atoms with van der Waals surface area (Å²) >= 11 is 3.64. The maximum absolute atomic E-state index is 5.66. The molecule has 0 aliphatic carbocycles. The average Bonchev–Trinajstić information content (AvgIpc) is 2.44. The Balaban J connectivity index is 2.34. The Morgan fingerprint density at radius 1 is 1.30 bits per heavy atom. The average molecular weight is 342 g/mol. The van der Waals surface area contributed by atoms with Gasteiger partial charge in [0.05, 0.1) is 0 Å². The zero-order valence-corrected chi connectivity index (χ0v) is 14.2. The third-order valence-corrected chi connectivity index (χ3v) is 5.07. The molecule has 2 rings (SSSR count). The van der Waals surface area contributed by atoms with Crippen molar-refractivity contribution in [3.63, 3.8) is 0 Å². The van der Waals surface area contributed by atoms with Crippen molar-refractivity contribution in [2.45, 2.75) is 26.7 Å². The lowest BCUT2D eigenvalue weighted by Crippen LogP contribution is -2.50. The van der Waals surface area contributed by atoms with Crippen molar-refractivity contribution in [2.24, 2.45) is 21.9 Å². The summed E-state index contributed by atoms with van der Waals surface area (Å²) < 4.78 is 1.19. The zero-order chi connectivity index (χ0) is 14.7. The lowest BCUT2D eigenvalue weighted by molar-refractivity contribution is 0.216. The van der Waals surface area contributed by atoms with Gasteiger partial charge in [0.25, 0.3) is 0 Å². The van der Waals surface area contributed by atoms with Crippen LogP contribution in [0.2, 0.25) is 0 Å². The second-order valence-corrected chi connectivity index (χ2v) is 6.63. The Hall–Kier alpha value is -0.880. The molecule has 0 saturated carbocycles. The van der Waals surface area contributed by atoms with Crippen LogP contribution >= 0.6 is 15.9 Å². The molecule has 2 N–H and O–H groups in total. The molecule has 2 heterocycles. The van der Waals surface area contributed by atoms with Crippen LogP contribution in [0.5, 0.6) is 0 Å². The Morgan fingerprint density at radius 3 is 2.55 bits per heavy atom. The van der Waals surface area contributed by atoms with Gasteiger partial charge >= 0.3 is 0 Å². The van der Waals surface area contributed by atoms with Gasteiger partial charge in [-0.2, -0.15) is 5.10 Å². The summed E-state index contributed by atoms with van der Waals surface area (Å²) in [6, 6.07) is 0. The van der Waals surface area contributed by atoms with Gasteiger partial charge < -0.3 is 15.6 Å². The van der Waals surface area contributed by atoms with Gasteiger partial charge in [0.1, 0.15) is 5.71 Å². The fourth-order valence-electron chi connectivity index (χ4n) is 2.59. The monoisotopic (exact) mass is 341 g/mol. The van der Waals surface area contributed by atoms with E-state index >= 15 is 0 Å². The highest BCUT2D eigenvalue weighted by atomic mass is 79.9. The highest BCUT2D eigenvalue weighted by Crippen LogP contribution is 2.26. The molecule has 0 amide bonds. The molecular formula is C14H24BrN5. The van der Waals surface area contributed by atoms with Gasteiger partial charge in [-0.15, -0.1) is 0 Å². The van der Waals surface area contributed by atoms with Gasteiger partial charge in [0, 0.05) is 42.3 Å². The number of amidine groups is 1. The summed E-state index contributed by atoms with van der Waals surface area (Å²) in [6.07, 6.45) is 2.03. The van der Waals surface area contributed by atoms with E-state index in [1.807, 2.05) is 6.92 Å². The fourth-order valence-corrected chi connectivity index (χ4v) is 2.91. The molecule has 1 fully saturated rings. The maximum Gasteiger partial charge on any atom is 0.152 e. The number of hydrogen-bond acceptors (Lipinski definition) is 5. The van der Waals surface area contributed by atoms with Gasteiger partial charge in [0.2, 0.25) is 0 Å². The van der Waals surface area contributed by atoms with Crippen molar-refractivity contribution in [2.75, 3.05) is 33.2 Å². The van der Waals surface area contributed by atoms with Crippen LogP contribution in [-0.4, -0.2) is 54.6 Å². The first kappa shape index (κ1) is 15.5. The Kier molecular flexibility index (Phi) is 5.21. The van der Waals surface area contributed by atoms with E-state index in [1.54, 1.807) is 0 Å². The minimum absolute atomic E-state index is 0.332. The van der Waals surface area contributed by atoms with E-state index < -0.39 is 0 Å². The van der Waals surface area contributed by atoms with Crippen LogP contribution in [0.25, 0.3) is 0 Å². The van der Waals surface area contributed by atoms with Crippen LogP contribution in [-0.2, 0) is 0 Å². The quantitative estimate of drug-likeness (QED) is 0.541. The molecule has 2 aliphatic rings. The molecule has 1 atom stereocenters. The van der Waals surface area contributed by atoms with E-state index in [0.717, 1.165) is 56.3 Å². The molecule has 0 aromatic carbocycles. The minimum Gasteiger partial charge on any atom is -0.352 e. The number of halogens is 1. The molecule has 1 saturated heterocycles. The van der Waals surface area contributed by atoms with Gasteiger partial charge in [0.15, 0.2) is 5.84 Å². The highest BCUT2D eigenvalue weighted by Gasteiger charge is 2.26. The number of piperazine rings is 1. The van der Waals surface area contributed by atoms with Crippen molar-refractivity contribution < 1.29 is 0 Å². The third-order valence-electron chi connectivity index (χ3n) is 4.10. The lowest BCUT2D eigenvalue weighted by Gasteiger charge is -2.36. The summed E-state index contributed by atoms with van der Waals surface area (Å²) in [6.45, 7) is 8.28. The number of rotatable bonds is 0. The Labute approximate surface area is 129 Å². The van der Waals surface area contributed by atoms with Gasteiger partial charge in [-0.3, -0.25) is 0 Å². The molecular weight excluding hydrogens is 318 g/mol. The van der Waals surface area contributed by atoms with E-state index in [9.17, 15) is 0 Å². The van der Waals surface area contributed by atoms with Crippen molar-refractivity contribution in [3.8, 4) is 0 Å². The summed E-state index contributed by atoms with van der Waals surface area (Å²) in [4.78, 5) is 9.47. The molecule has 0 aromatic rings. The molecule has 1 unspecified atom stereocenters. The minimum atomic E-state index is 0.332. The second kappa shape index (κ2) is 6.72. The molecule has 20 heavy (non-hydrogen) atoms. The van der Waals surface area contributed by atoms with Crippen molar-refractivity contribution in [3.05, 3.63) is 10.2 Å². The lowest BCUT2D eigenvalue weighted by atomic mass is 9.96. The molecule has 0 spiro atoms. The molecule has 0 aromatic heterocycles. The smallest absolute Gasteiger partial charge is 0.152 e. The van der Waals surface area contributed by atoms with Crippen LogP contribution in [0.1, 0.15) is 26.7 Å². The number of aliphatic imine (C=N–C) groups is 1. The number of likely N-dealkylation sites (N-methyl/N-ethyl adjacent to an activating group) is 1. The normalized spacial score (nSPS) is 28.4. The predicted octanol–water partition coefficient (Wildman–Crippen LogP) is 2.00. The summed E-state index contributed by atoms with van der Waals surface area (Å²) in [5, 5.41) is 4.06. The number of allylic oxidation sites excluding steroid dienone is 2. The highest BCUT2D eigenvalue weighted by molar-refractivity contribution is 9.11. The number of nitrogens with zero attached hydrogens (tertiary/aromatic N) is 4. The van der Waals surface area contributed by atoms with Crippen LogP contribution in [0.15, 0.2) is 20.3 Å². The molecule has 0 radical (unpaired) electrons. The van der Waals surface area contributed by atoms with Crippen molar-refractivity contribution in [1.82, 2.24) is 9.80 Å². The SMILES string of the molecule is CC1=C(Br)CCC(C)/C(=N/N)C(N2CCN(C)CC2)=N1. The first-order valence-corrected chi connectivity index (χ1v) is 7.97. The maximum atomic E-state index is 5.66. The third kappa shape index (κ3) is 3.41. The first-order valence-electron chi connectivity index (χ1n) is 7.18. The van der Waals surface area contributed by atoms with E-state index in [2.05, 4.69) is 44.8 Å². The predicted molar refractivity (Wildman–Crippen MR) is 88.2 cm³/mol. The van der Waals surface area contributed by atoms with Crippen LogP contribution < -0.4 is 5.84 Å². The van der Waals surface area contributed by atoms with E-state index in [1.165, 1.54) is 4.48 Å². The van der Waals surface area contributed by atoms with E-state index in [-0.39, 0.29) is 0 Å². The first-order chi connectivity index (χ1) is 9.52. The van der Waals surface area contributed by atoms with Crippen molar-refractivity contribution >= 4 is 27.5 Å². The number of hydrogen-bond donors (Lipinski definition) is 1. The fraction of sp³-hybridized carbons (Fsp3) is 0.714. The van der Waals surface area contributed by atoms with Gasteiger partial charge in [-0.25, -0.2) is 4.99 Å². The van der Waals surface area contributed by atoms with Crippen LogP contribution in [0, 0.1) is 5.92 Å². The molecule has 112 valence electrons. The van der Waals surface area contributed by atoms with Gasteiger partial charge in [-0.1, -0.05) is 22.9 Å². The van der Waals surface area contributed by atoms with E-state index in [0.29, 0.717) is 5.92 Å². The van der Waals surface area contributed by atoms with Crippen LogP contribution in [0.3, 0.4) is 0 Å². The number of nitrogens with two attached hydrogens (primary N) is 1. The second-order valence-electron chi connectivity index (χ2n) is 5.67. The summed E-state index contributed by atoms with van der Waals surface area (Å²) in [5.74, 6) is 6.95. The Morgan fingerprint density at radius 2 is 1.95 bits per heavy atom. The van der Waals surface area contributed by atoms with Crippen molar-refractivity contribution in [1.29, 1.82) is 0 Å². The molecule has 6 heteroatoms. The standard InChI is InChI=1S/C14H24BrN5/c1-10-4-5-12(15)11(2)17-14(13(10)18-16)20-8-6-19(3)7-9-20/h10H,4-9,16H2,1-3H3/b12-11?,17-14?,18-13-. The van der Waals surface area contributed by atoms with Gasteiger partial charge in [-0.05, 0) is 26.8 Å². The topological polar surface area (TPSA) is 57.2 Å². The molecule has 0 bridgehead atoms. The van der Waals surface area contributed by atoms with Crippen LogP contribution in [0.4, 0.5) is 0 Å². The zero-order valence-electron chi connectivity index (χ0n) is 12.6. The molecule has 5 nitrogen and oxygen atoms in total. The largest absolute Gasteiger partial charge is 0.352 e.